The van der Waals surface area contributed by atoms with Gasteiger partial charge in [0.2, 0.25) is 0 Å². The average molecular weight is 222 g/mol. The van der Waals surface area contributed by atoms with Crippen LogP contribution in [0.1, 0.15) is 6.92 Å². The van der Waals surface area contributed by atoms with E-state index in [0.29, 0.717) is 0 Å². The summed E-state index contributed by atoms with van der Waals surface area (Å²) in [5.74, 6) is -1.14. The van der Waals surface area contributed by atoms with Gasteiger partial charge in [0, 0.05) is 0 Å². The molecule has 0 radical (unpaired) electrons. The first-order valence-electron chi connectivity index (χ1n) is 3.70. The fraction of sp³-hybridized carbons (Fsp3) is 0.667. The summed E-state index contributed by atoms with van der Waals surface area (Å²) in [7, 11) is -3.92. The minimum absolute atomic E-state index is 0.436. The Labute approximate surface area is 80.8 Å². The Balaban J connectivity index is 3.91. The van der Waals surface area contributed by atoms with Crippen LogP contribution in [-0.2, 0) is 13.9 Å². The van der Waals surface area contributed by atoms with Crippen LogP contribution in [0.5, 0.6) is 0 Å². The largest absolute Gasteiger partial charge is 0.480 e. The summed E-state index contributed by atoms with van der Waals surface area (Å²) in [6.45, 7) is 0.884. The van der Waals surface area contributed by atoms with Gasteiger partial charge in [-0.25, -0.2) is 0 Å². The van der Waals surface area contributed by atoms with Crippen molar-refractivity contribution >= 4 is 13.6 Å². The monoisotopic (exact) mass is 222 g/mol. The molecule has 0 rings (SSSR count). The molecule has 0 saturated carbocycles. The first-order chi connectivity index (χ1) is 6.37. The van der Waals surface area contributed by atoms with Gasteiger partial charge in [-0.2, -0.15) is 5.26 Å². The van der Waals surface area contributed by atoms with Gasteiger partial charge in [0.05, 0.1) is 18.9 Å². The molecule has 0 aromatic heterocycles. The summed E-state index contributed by atoms with van der Waals surface area (Å²) in [5, 5.41) is 18.7. The fourth-order valence-electron chi connectivity index (χ4n) is 0.612. The van der Waals surface area contributed by atoms with Crippen LogP contribution in [0.25, 0.3) is 0 Å². The number of hydrogen-bond acceptors (Lipinski definition) is 5. The first-order valence-corrected chi connectivity index (χ1v) is 5.46. The maximum Gasteiger partial charge on any atom is 0.343 e. The lowest BCUT2D eigenvalue weighted by molar-refractivity contribution is -0.135. The van der Waals surface area contributed by atoms with Crippen LogP contribution in [0.15, 0.2) is 0 Å². The van der Waals surface area contributed by atoms with E-state index < -0.39 is 32.5 Å². The number of rotatable bonds is 6. The predicted octanol–water partition coefficient (Wildman–Crippen LogP) is -0.268. The van der Waals surface area contributed by atoms with Crippen LogP contribution in [0.4, 0.5) is 0 Å². The Kier molecular flexibility index (Phi) is 5.35. The number of hydrogen-bond donors (Lipinski definition) is 3. The Morgan fingerprint density at radius 1 is 1.79 bits per heavy atom. The van der Waals surface area contributed by atoms with E-state index in [4.69, 9.17) is 15.3 Å². The van der Waals surface area contributed by atoms with Crippen LogP contribution in [0.3, 0.4) is 0 Å². The van der Waals surface area contributed by atoms with Gasteiger partial charge in [0.1, 0.15) is 0 Å². The van der Waals surface area contributed by atoms with Crippen molar-refractivity contribution in [2.45, 2.75) is 13.0 Å². The van der Waals surface area contributed by atoms with Gasteiger partial charge in [-0.05, 0) is 6.92 Å². The predicted molar refractivity (Wildman–Crippen MR) is 46.5 cm³/mol. The van der Waals surface area contributed by atoms with Crippen LogP contribution in [-0.4, -0.2) is 34.9 Å². The molecule has 0 aromatic rings. The van der Waals surface area contributed by atoms with Gasteiger partial charge < -0.3 is 10.00 Å². The van der Waals surface area contributed by atoms with Crippen molar-refractivity contribution in [2.24, 2.45) is 0 Å². The van der Waals surface area contributed by atoms with E-state index in [0.717, 1.165) is 0 Å². The summed E-state index contributed by atoms with van der Waals surface area (Å²) >= 11 is 0. The molecule has 0 aliphatic rings. The highest BCUT2D eigenvalue weighted by Crippen LogP contribution is 2.41. The van der Waals surface area contributed by atoms with E-state index in [1.807, 2.05) is 0 Å². The molecular weight excluding hydrogens is 211 g/mol. The molecule has 2 unspecified atom stereocenters. The molecule has 7 nitrogen and oxygen atoms in total. The third-order valence-corrected chi connectivity index (χ3v) is 2.36. The normalized spacial score (nSPS) is 16.6. The van der Waals surface area contributed by atoms with Crippen molar-refractivity contribution in [3.63, 3.8) is 0 Å². The van der Waals surface area contributed by atoms with Crippen LogP contribution in [0.2, 0.25) is 0 Å². The molecule has 0 aliphatic carbocycles. The maximum atomic E-state index is 11.1. The van der Waals surface area contributed by atoms with E-state index >= 15 is 0 Å². The summed E-state index contributed by atoms with van der Waals surface area (Å²) in [6.07, 6.45) is -1.50. The molecule has 0 heterocycles. The number of carboxylic acids is 1. The van der Waals surface area contributed by atoms with Gasteiger partial charge >= 0.3 is 13.6 Å². The van der Waals surface area contributed by atoms with Crippen LogP contribution < -0.4 is 5.32 Å². The number of carbonyl (C=O) groups is 1. The molecule has 8 heteroatoms. The molecule has 0 saturated heterocycles. The number of nitrogens with one attached hydrogen (secondary N) is 1. The van der Waals surface area contributed by atoms with Crippen LogP contribution >= 0.6 is 7.60 Å². The molecule has 14 heavy (non-hydrogen) atoms. The van der Waals surface area contributed by atoms with Crippen molar-refractivity contribution in [2.75, 3.05) is 12.8 Å². The van der Waals surface area contributed by atoms with Crippen molar-refractivity contribution in [3.05, 3.63) is 0 Å². The molecule has 0 bridgehead atoms. The van der Waals surface area contributed by atoms with Gasteiger partial charge in [-0.15, -0.1) is 0 Å². The lowest BCUT2D eigenvalue weighted by Crippen LogP contribution is -2.24. The standard InChI is InChI=1S/C6H11N2O5P/c1-5(2-7)13-14(11,12)4-8-3-6(9)10/h5,8H,3-4H2,1H3,(H,9,10)(H,11,12). The topological polar surface area (TPSA) is 120 Å². The third kappa shape index (κ3) is 6.57. The number of nitriles is 1. The Morgan fingerprint density at radius 3 is 2.79 bits per heavy atom. The minimum Gasteiger partial charge on any atom is -0.480 e. The van der Waals surface area contributed by atoms with Gasteiger partial charge in [-0.3, -0.25) is 19.2 Å². The molecule has 0 spiro atoms. The lowest BCUT2D eigenvalue weighted by atomic mass is 10.5. The maximum absolute atomic E-state index is 11.1. The third-order valence-electron chi connectivity index (χ3n) is 1.09. The highest BCUT2D eigenvalue weighted by molar-refractivity contribution is 7.52. The fourth-order valence-corrected chi connectivity index (χ4v) is 1.62. The molecule has 0 aliphatic heterocycles. The Morgan fingerprint density at radius 2 is 2.36 bits per heavy atom. The molecular formula is C6H11N2O5P. The smallest absolute Gasteiger partial charge is 0.343 e. The highest BCUT2D eigenvalue weighted by Gasteiger charge is 2.22. The number of aliphatic carboxylic acids is 1. The van der Waals surface area contributed by atoms with Crippen LogP contribution in [0, 0.1) is 11.3 Å². The molecule has 80 valence electrons. The summed E-state index contributed by atoms with van der Waals surface area (Å²) in [5.41, 5.74) is 0. The van der Waals surface area contributed by atoms with E-state index in [1.165, 1.54) is 6.92 Å². The van der Waals surface area contributed by atoms with E-state index in [2.05, 4.69) is 9.84 Å². The zero-order chi connectivity index (χ0) is 11.2. The SMILES string of the molecule is CC(C#N)OP(=O)(O)CNCC(=O)O. The Hall–Kier alpha value is -0.930. The quantitative estimate of drug-likeness (QED) is 0.529. The van der Waals surface area contributed by atoms with Gasteiger partial charge in [0.25, 0.3) is 0 Å². The van der Waals surface area contributed by atoms with E-state index in [9.17, 15) is 9.36 Å². The molecule has 3 N–H and O–H groups in total. The average Bonchev–Trinajstić information content (AvgIpc) is 2.02. The second kappa shape index (κ2) is 5.73. The zero-order valence-electron chi connectivity index (χ0n) is 7.51. The minimum atomic E-state index is -3.92. The zero-order valence-corrected chi connectivity index (χ0v) is 8.40. The summed E-state index contributed by atoms with van der Waals surface area (Å²) in [4.78, 5) is 19.1. The summed E-state index contributed by atoms with van der Waals surface area (Å²) in [6, 6.07) is 1.62. The second-order valence-electron chi connectivity index (χ2n) is 2.49. The second-order valence-corrected chi connectivity index (χ2v) is 4.29. The molecule has 0 fully saturated rings. The number of carboxylic acid groups (broad SMARTS) is 1. The highest BCUT2D eigenvalue weighted by atomic mass is 31.2. The first kappa shape index (κ1) is 13.1. The van der Waals surface area contributed by atoms with E-state index in [1.54, 1.807) is 6.07 Å². The number of nitrogens with zero attached hydrogens (tertiary/aromatic N) is 1. The van der Waals surface area contributed by atoms with Crippen molar-refractivity contribution in [3.8, 4) is 6.07 Å². The van der Waals surface area contributed by atoms with Crippen molar-refractivity contribution < 1.29 is 23.9 Å². The summed E-state index contributed by atoms with van der Waals surface area (Å²) < 4.78 is 15.6. The van der Waals surface area contributed by atoms with Crippen molar-refractivity contribution in [1.82, 2.24) is 5.32 Å². The molecule has 2 atom stereocenters. The molecule has 0 amide bonds. The lowest BCUT2D eigenvalue weighted by Gasteiger charge is -2.13. The van der Waals surface area contributed by atoms with Gasteiger partial charge in [0.15, 0.2) is 6.10 Å². The Bertz CT molecular complexity index is 286. The van der Waals surface area contributed by atoms with Crippen molar-refractivity contribution in [1.29, 1.82) is 5.26 Å². The van der Waals surface area contributed by atoms with E-state index in [-0.39, 0.29) is 0 Å². The molecule has 0 aromatic carbocycles. The van der Waals surface area contributed by atoms with Gasteiger partial charge in [-0.1, -0.05) is 0 Å².